The average Bonchev–Trinajstić information content (AvgIpc) is 2.73. The Morgan fingerprint density at radius 2 is 1.34 bits per heavy atom. The summed E-state index contributed by atoms with van der Waals surface area (Å²) >= 11 is 0. The van der Waals surface area contributed by atoms with Crippen LogP contribution in [0.3, 0.4) is 0 Å². The van der Waals surface area contributed by atoms with Crippen LogP contribution < -0.4 is 10.2 Å². The molecule has 0 heterocycles. The normalized spacial score (nSPS) is 11.1. The van der Waals surface area contributed by atoms with Gasteiger partial charge in [0, 0.05) is 5.56 Å². The summed E-state index contributed by atoms with van der Waals surface area (Å²) < 4.78 is 85.3. The molecular formula is C20H12F6N2O. The third-order valence-electron chi connectivity index (χ3n) is 3.82. The van der Waals surface area contributed by atoms with E-state index in [0.29, 0.717) is 16.9 Å². The number of nitrogens with zero attached hydrogens (tertiary/aromatic N) is 1. The van der Waals surface area contributed by atoms with Gasteiger partial charge < -0.3 is 4.74 Å². The molecule has 3 nitrogen and oxygen atoms in total. The quantitative estimate of drug-likeness (QED) is 0.190. The summed E-state index contributed by atoms with van der Waals surface area (Å²) in [5.41, 5.74) is 1.60. The molecule has 0 atom stereocenters. The van der Waals surface area contributed by atoms with E-state index in [1.165, 1.54) is 24.3 Å². The lowest BCUT2D eigenvalue weighted by Crippen LogP contribution is -2.06. The van der Waals surface area contributed by atoms with Crippen molar-refractivity contribution in [1.82, 2.24) is 0 Å². The Balaban J connectivity index is 1.76. The first kappa shape index (κ1) is 20.2. The minimum Gasteiger partial charge on any atom is -0.488 e. The van der Waals surface area contributed by atoms with Crippen molar-refractivity contribution in [3.8, 4) is 5.75 Å². The van der Waals surface area contributed by atoms with Crippen LogP contribution >= 0.6 is 0 Å². The molecule has 0 saturated heterocycles. The highest BCUT2D eigenvalue weighted by atomic mass is 19.2. The molecule has 0 aliphatic heterocycles. The number of nitrogens with one attached hydrogen (secondary N) is 1. The van der Waals surface area contributed by atoms with Gasteiger partial charge in [-0.25, -0.2) is 26.3 Å². The Morgan fingerprint density at radius 3 is 2.00 bits per heavy atom. The Morgan fingerprint density at radius 1 is 0.759 bits per heavy atom. The Kier molecular flexibility index (Phi) is 6.06. The molecule has 29 heavy (non-hydrogen) atoms. The summed E-state index contributed by atoms with van der Waals surface area (Å²) in [4.78, 5) is 0. The predicted octanol–water partition coefficient (Wildman–Crippen LogP) is 5.55. The van der Waals surface area contributed by atoms with Crippen LogP contribution in [0.2, 0.25) is 0 Å². The van der Waals surface area contributed by atoms with Crippen molar-refractivity contribution < 1.29 is 31.1 Å². The molecule has 3 aromatic carbocycles. The lowest BCUT2D eigenvalue weighted by atomic mass is 10.2. The summed E-state index contributed by atoms with van der Waals surface area (Å²) in [5.74, 6) is -10.5. The second kappa shape index (κ2) is 8.68. The first-order valence-corrected chi connectivity index (χ1v) is 8.15. The van der Waals surface area contributed by atoms with E-state index in [9.17, 15) is 26.3 Å². The van der Waals surface area contributed by atoms with E-state index in [0.717, 1.165) is 6.21 Å². The molecule has 0 bridgehead atoms. The molecule has 150 valence electrons. The van der Waals surface area contributed by atoms with Crippen LogP contribution in [0.25, 0.3) is 0 Å². The molecular weight excluding hydrogens is 398 g/mol. The summed E-state index contributed by atoms with van der Waals surface area (Å²) in [6.07, 6.45) is 1.10. The minimum absolute atomic E-state index is 0.107. The van der Waals surface area contributed by atoms with Gasteiger partial charge in [-0.15, -0.1) is 0 Å². The number of para-hydroxylation sites is 1. The van der Waals surface area contributed by atoms with Crippen molar-refractivity contribution in [3.05, 3.63) is 94.6 Å². The fourth-order valence-corrected chi connectivity index (χ4v) is 2.33. The number of benzene rings is 3. The number of hydrogen-bond acceptors (Lipinski definition) is 3. The summed E-state index contributed by atoms with van der Waals surface area (Å²) in [5, 5.41) is 3.53. The molecule has 0 aliphatic carbocycles. The van der Waals surface area contributed by atoms with Gasteiger partial charge in [-0.1, -0.05) is 24.3 Å². The fourth-order valence-electron chi connectivity index (χ4n) is 2.33. The average molecular weight is 410 g/mol. The molecule has 0 amide bonds. The lowest BCUT2D eigenvalue weighted by Gasteiger charge is -2.10. The fraction of sp³-hybridized carbons (Fsp3) is 0.0500. The van der Waals surface area contributed by atoms with E-state index in [1.807, 2.05) is 5.43 Å². The summed E-state index contributed by atoms with van der Waals surface area (Å²) in [7, 11) is 0. The second-order valence-corrected chi connectivity index (χ2v) is 5.77. The molecule has 1 N–H and O–H groups in total. The molecule has 0 fully saturated rings. The Bertz CT molecular complexity index is 1020. The minimum atomic E-state index is -2.26. The van der Waals surface area contributed by atoms with E-state index < -0.39 is 34.8 Å². The van der Waals surface area contributed by atoms with Crippen LogP contribution in [0.5, 0.6) is 5.75 Å². The van der Waals surface area contributed by atoms with Gasteiger partial charge in [0.05, 0.1) is 6.21 Å². The van der Waals surface area contributed by atoms with Gasteiger partial charge >= 0.3 is 0 Å². The smallest absolute Gasteiger partial charge is 0.200 e. The molecule has 0 radical (unpaired) electrons. The van der Waals surface area contributed by atoms with Crippen LogP contribution in [0.1, 0.15) is 11.1 Å². The zero-order valence-electron chi connectivity index (χ0n) is 14.5. The molecule has 0 saturated carbocycles. The van der Waals surface area contributed by atoms with Crippen molar-refractivity contribution in [2.45, 2.75) is 6.61 Å². The topological polar surface area (TPSA) is 33.6 Å². The third kappa shape index (κ3) is 4.50. The maximum atomic E-state index is 13.6. The maximum Gasteiger partial charge on any atom is 0.200 e. The van der Waals surface area contributed by atoms with Gasteiger partial charge in [-0.2, -0.15) is 5.10 Å². The van der Waals surface area contributed by atoms with Crippen LogP contribution in [0.15, 0.2) is 53.6 Å². The first-order chi connectivity index (χ1) is 13.9. The molecule has 0 aromatic heterocycles. The number of hydrazone groups is 1. The van der Waals surface area contributed by atoms with Gasteiger partial charge in [0.1, 0.15) is 23.9 Å². The Hall–Kier alpha value is -3.49. The van der Waals surface area contributed by atoms with Crippen molar-refractivity contribution in [1.29, 1.82) is 0 Å². The molecule has 0 unspecified atom stereocenters. The van der Waals surface area contributed by atoms with Gasteiger partial charge in [-0.3, -0.25) is 5.43 Å². The SMILES string of the molecule is Fc1ccc(COc2ccccc2/C=N/Nc2c(F)c(F)c(F)c(F)c2F)cc1. The summed E-state index contributed by atoms with van der Waals surface area (Å²) in [6.45, 7) is 0.107. The van der Waals surface area contributed by atoms with Crippen LogP contribution in [-0.4, -0.2) is 6.21 Å². The predicted molar refractivity (Wildman–Crippen MR) is 94.6 cm³/mol. The Labute approximate surface area is 161 Å². The van der Waals surface area contributed by atoms with Gasteiger partial charge in [0.15, 0.2) is 23.3 Å². The number of ether oxygens (including phenoxy) is 1. The van der Waals surface area contributed by atoms with Gasteiger partial charge in [0.2, 0.25) is 5.82 Å². The first-order valence-electron chi connectivity index (χ1n) is 8.15. The zero-order valence-corrected chi connectivity index (χ0v) is 14.5. The van der Waals surface area contributed by atoms with E-state index in [-0.39, 0.29) is 12.4 Å². The third-order valence-corrected chi connectivity index (χ3v) is 3.82. The highest BCUT2D eigenvalue weighted by Crippen LogP contribution is 2.27. The molecule has 0 spiro atoms. The number of hydrogen-bond donors (Lipinski definition) is 1. The van der Waals surface area contributed by atoms with Crippen LogP contribution in [-0.2, 0) is 6.61 Å². The van der Waals surface area contributed by atoms with Gasteiger partial charge in [-0.05, 0) is 29.8 Å². The highest BCUT2D eigenvalue weighted by Gasteiger charge is 2.25. The van der Waals surface area contributed by atoms with E-state index in [4.69, 9.17) is 4.74 Å². The monoisotopic (exact) mass is 410 g/mol. The number of halogens is 6. The van der Waals surface area contributed by atoms with Crippen molar-refractivity contribution >= 4 is 11.9 Å². The van der Waals surface area contributed by atoms with E-state index in [1.54, 1.807) is 24.3 Å². The van der Waals surface area contributed by atoms with Gasteiger partial charge in [0.25, 0.3) is 0 Å². The largest absolute Gasteiger partial charge is 0.488 e. The molecule has 0 aliphatic rings. The standard InChI is InChI=1S/C20H12F6N2O/c21-13-7-5-11(6-8-13)10-29-14-4-2-1-3-12(14)9-27-28-20-18(25)16(23)15(22)17(24)19(20)26/h1-9,28H,10H2/b27-9+. The van der Waals surface area contributed by atoms with Crippen LogP contribution in [0, 0.1) is 34.9 Å². The molecule has 3 rings (SSSR count). The lowest BCUT2D eigenvalue weighted by molar-refractivity contribution is 0.305. The highest BCUT2D eigenvalue weighted by molar-refractivity contribution is 5.84. The second-order valence-electron chi connectivity index (χ2n) is 5.77. The maximum absolute atomic E-state index is 13.6. The van der Waals surface area contributed by atoms with Crippen molar-refractivity contribution in [2.24, 2.45) is 5.10 Å². The number of rotatable bonds is 6. The number of anilines is 1. The van der Waals surface area contributed by atoms with E-state index >= 15 is 0 Å². The zero-order chi connectivity index (χ0) is 21.0. The van der Waals surface area contributed by atoms with Crippen LogP contribution in [0.4, 0.5) is 32.0 Å². The van der Waals surface area contributed by atoms with Crippen molar-refractivity contribution in [2.75, 3.05) is 5.43 Å². The summed E-state index contributed by atoms with van der Waals surface area (Å²) in [6, 6.07) is 12.1. The van der Waals surface area contributed by atoms with E-state index in [2.05, 4.69) is 5.10 Å². The molecule has 9 heteroatoms. The van der Waals surface area contributed by atoms with Crippen molar-refractivity contribution in [3.63, 3.8) is 0 Å². The molecule has 3 aromatic rings.